The Balaban J connectivity index is 2.58. The molecule has 0 radical (unpaired) electrons. The topological polar surface area (TPSA) is 0 Å². The van der Waals surface area contributed by atoms with Crippen molar-refractivity contribution < 1.29 is 0 Å². The number of hydrogen-bond donors (Lipinski definition) is 0. The molecule has 0 aliphatic heterocycles. The molecule has 0 atom stereocenters. The van der Waals surface area contributed by atoms with Crippen molar-refractivity contribution in [2.45, 2.75) is 18.9 Å². The first kappa shape index (κ1) is 9.27. The Hall–Kier alpha value is -0.823. The summed E-state index contributed by atoms with van der Waals surface area (Å²) in [6, 6.07) is 10.1. The van der Waals surface area contributed by atoms with Gasteiger partial charge in [-0.2, -0.15) is 0 Å². The minimum atomic E-state index is 1.21. The van der Waals surface area contributed by atoms with Gasteiger partial charge in [-0.3, -0.25) is 0 Å². The highest BCUT2D eigenvalue weighted by molar-refractivity contribution is 6.08. The van der Waals surface area contributed by atoms with Gasteiger partial charge >= 0.3 is 0 Å². The van der Waals surface area contributed by atoms with Gasteiger partial charge in [0.2, 0.25) is 0 Å². The van der Waals surface area contributed by atoms with E-state index < -0.39 is 0 Å². The molecule has 0 spiro atoms. The lowest BCUT2D eigenvalue weighted by Gasteiger charge is -1.99. The predicted molar refractivity (Wildman–Crippen MR) is 59.6 cm³/mol. The Kier molecular flexibility index (Phi) is 3.81. The summed E-state index contributed by atoms with van der Waals surface area (Å²) in [7, 11) is 1.33. The van der Waals surface area contributed by atoms with E-state index in [0.29, 0.717) is 0 Å². The Morgan fingerprint density at radius 2 is 1.92 bits per heavy atom. The van der Waals surface area contributed by atoms with Crippen LogP contribution in [0.15, 0.2) is 30.8 Å². The first-order valence-corrected chi connectivity index (χ1v) is 5.99. The second-order valence-electron chi connectivity index (χ2n) is 3.05. The summed E-state index contributed by atoms with van der Waals surface area (Å²) in [6.45, 7) is 3.73. The van der Waals surface area contributed by atoms with Gasteiger partial charge in [0.1, 0.15) is 0 Å². The molecule has 12 heavy (non-hydrogen) atoms. The molecule has 0 unspecified atom stereocenters. The van der Waals surface area contributed by atoms with Crippen LogP contribution in [0.3, 0.4) is 0 Å². The van der Waals surface area contributed by atoms with Crippen molar-refractivity contribution in [1.82, 2.24) is 0 Å². The average molecular weight is 176 g/mol. The molecule has 1 aromatic rings. The molecule has 0 amide bonds. The maximum absolute atomic E-state index is 3.73. The number of rotatable bonds is 4. The monoisotopic (exact) mass is 176 g/mol. The fourth-order valence-corrected chi connectivity index (χ4v) is 1.55. The van der Waals surface area contributed by atoms with Crippen LogP contribution in [0, 0.1) is 0 Å². The van der Waals surface area contributed by atoms with Gasteiger partial charge in [-0.1, -0.05) is 49.4 Å². The van der Waals surface area contributed by atoms with Crippen LogP contribution in [0.2, 0.25) is 6.04 Å². The van der Waals surface area contributed by atoms with E-state index in [-0.39, 0.29) is 0 Å². The third-order valence-electron chi connectivity index (χ3n) is 2.03. The van der Waals surface area contributed by atoms with Crippen LogP contribution in [0.1, 0.15) is 17.5 Å². The quantitative estimate of drug-likeness (QED) is 0.616. The van der Waals surface area contributed by atoms with Gasteiger partial charge in [-0.05, 0) is 17.5 Å². The minimum Gasteiger partial charge on any atom is -0.0985 e. The lowest BCUT2D eigenvalue weighted by molar-refractivity contribution is 0.919. The van der Waals surface area contributed by atoms with Crippen LogP contribution in [0.25, 0.3) is 6.08 Å². The standard InChI is InChI=1S/C11H16Si/c1-2-10-5-7-11(8-6-10)4-3-9-12/h2,5-8H,1,3-4,9H2,12H3. The van der Waals surface area contributed by atoms with Crippen LogP contribution >= 0.6 is 0 Å². The van der Waals surface area contributed by atoms with E-state index in [9.17, 15) is 0 Å². The van der Waals surface area contributed by atoms with Crippen molar-refractivity contribution in [3.63, 3.8) is 0 Å². The molecule has 0 heterocycles. The third-order valence-corrected chi connectivity index (χ3v) is 2.74. The Labute approximate surface area is 77.7 Å². The van der Waals surface area contributed by atoms with Gasteiger partial charge in [0.05, 0.1) is 0 Å². The SMILES string of the molecule is C=Cc1ccc(CCC[SiH3])cc1. The molecular weight excluding hydrogens is 160 g/mol. The van der Waals surface area contributed by atoms with Crippen molar-refractivity contribution in [3.05, 3.63) is 42.0 Å². The summed E-state index contributed by atoms with van der Waals surface area (Å²) in [5, 5.41) is 0. The van der Waals surface area contributed by atoms with Gasteiger partial charge in [0, 0.05) is 10.2 Å². The van der Waals surface area contributed by atoms with E-state index in [1.807, 2.05) is 6.08 Å². The molecule has 0 aromatic heterocycles. The summed E-state index contributed by atoms with van der Waals surface area (Å²) >= 11 is 0. The van der Waals surface area contributed by atoms with Gasteiger partial charge in [0.15, 0.2) is 0 Å². The number of hydrogen-bond acceptors (Lipinski definition) is 0. The van der Waals surface area contributed by atoms with Crippen LogP contribution in [0.5, 0.6) is 0 Å². The van der Waals surface area contributed by atoms with E-state index in [4.69, 9.17) is 0 Å². The second kappa shape index (κ2) is 4.94. The van der Waals surface area contributed by atoms with E-state index in [0.717, 1.165) is 0 Å². The largest absolute Gasteiger partial charge is 0.0985 e. The molecule has 1 heteroatoms. The molecule has 0 saturated carbocycles. The highest BCUT2D eigenvalue weighted by Gasteiger charge is 1.90. The molecule has 0 fully saturated rings. The lowest BCUT2D eigenvalue weighted by Crippen LogP contribution is -1.84. The molecule has 0 aliphatic carbocycles. The fourth-order valence-electron chi connectivity index (χ4n) is 1.20. The van der Waals surface area contributed by atoms with Gasteiger partial charge in [-0.25, -0.2) is 0 Å². The van der Waals surface area contributed by atoms with Crippen LogP contribution in [-0.4, -0.2) is 10.2 Å². The highest BCUT2D eigenvalue weighted by atomic mass is 28.1. The smallest absolute Gasteiger partial charge is 0.00281 e. The zero-order chi connectivity index (χ0) is 8.81. The predicted octanol–water partition coefficient (Wildman–Crippen LogP) is 2.05. The molecule has 0 saturated heterocycles. The third kappa shape index (κ3) is 2.66. The van der Waals surface area contributed by atoms with Gasteiger partial charge in [0.25, 0.3) is 0 Å². The first-order valence-electron chi connectivity index (χ1n) is 4.58. The van der Waals surface area contributed by atoms with Crippen molar-refractivity contribution in [1.29, 1.82) is 0 Å². The van der Waals surface area contributed by atoms with Crippen LogP contribution in [-0.2, 0) is 6.42 Å². The summed E-state index contributed by atoms with van der Waals surface area (Å²) in [4.78, 5) is 0. The lowest BCUT2D eigenvalue weighted by atomic mass is 10.1. The summed E-state index contributed by atoms with van der Waals surface area (Å²) < 4.78 is 0. The minimum absolute atomic E-state index is 1.21. The molecule has 1 aromatic carbocycles. The molecule has 0 bridgehead atoms. The highest BCUT2D eigenvalue weighted by Crippen LogP contribution is 2.07. The second-order valence-corrected chi connectivity index (χ2v) is 4.05. The first-order chi connectivity index (χ1) is 5.86. The van der Waals surface area contributed by atoms with E-state index in [1.54, 1.807) is 0 Å². The Morgan fingerprint density at radius 1 is 1.25 bits per heavy atom. The van der Waals surface area contributed by atoms with E-state index >= 15 is 0 Å². The maximum atomic E-state index is 3.73. The molecule has 64 valence electrons. The Bertz CT molecular complexity index is 236. The molecule has 0 N–H and O–H groups in total. The zero-order valence-corrected chi connectivity index (χ0v) is 9.72. The molecule has 0 aliphatic rings. The average Bonchev–Trinajstić information content (AvgIpc) is 2.15. The van der Waals surface area contributed by atoms with Crippen molar-refractivity contribution >= 4 is 16.3 Å². The summed E-state index contributed by atoms with van der Waals surface area (Å²) in [5.41, 5.74) is 2.67. The van der Waals surface area contributed by atoms with Crippen molar-refractivity contribution in [3.8, 4) is 0 Å². The van der Waals surface area contributed by atoms with E-state index in [2.05, 4.69) is 30.8 Å². The normalized spacial score (nSPS) is 10.0. The van der Waals surface area contributed by atoms with E-state index in [1.165, 1.54) is 40.3 Å². The zero-order valence-electron chi connectivity index (χ0n) is 7.72. The molecular formula is C11H16Si. The fraction of sp³-hybridized carbons (Fsp3) is 0.273. The maximum Gasteiger partial charge on any atom is 0.00281 e. The molecule has 1 rings (SSSR count). The van der Waals surface area contributed by atoms with Crippen molar-refractivity contribution in [2.75, 3.05) is 0 Å². The summed E-state index contributed by atoms with van der Waals surface area (Å²) in [6.07, 6.45) is 4.47. The Morgan fingerprint density at radius 3 is 2.42 bits per heavy atom. The number of aryl methyl sites for hydroxylation is 1. The van der Waals surface area contributed by atoms with Crippen LogP contribution < -0.4 is 0 Å². The molecule has 0 nitrogen and oxygen atoms in total. The van der Waals surface area contributed by atoms with Crippen LogP contribution in [0.4, 0.5) is 0 Å². The van der Waals surface area contributed by atoms with Gasteiger partial charge < -0.3 is 0 Å². The number of benzene rings is 1. The van der Waals surface area contributed by atoms with Crippen molar-refractivity contribution in [2.24, 2.45) is 0 Å². The summed E-state index contributed by atoms with van der Waals surface area (Å²) in [5.74, 6) is 0. The van der Waals surface area contributed by atoms with Gasteiger partial charge in [-0.15, -0.1) is 0 Å².